The van der Waals surface area contributed by atoms with Gasteiger partial charge in [-0.05, 0) is 60.7 Å². The van der Waals surface area contributed by atoms with Crippen molar-refractivity contribution < 1.29 is 14.1 Å². The zero-order valence-corrected chi connectivity index (χ0v) is 20.1. The lowest BCUT2D eigenvalue weighted by molar-refractivity contribution is -0.134. The Morgan fingerprint density at radius 2 is 1.83 bits per heavy atom. The van der Waals surface area contributed by atoms with E-state index in [0.29, 0.717) is 31.1 Å². The second-order valence-corrected chi connectivity index (χ2v) is 9.00. The Hall–Kier alpha value is -3.93. The van der Waals surface area contributed by atoms with Crippen LogP contribution in [0.5, 0.6) is 5.75 Å². The van der Waals surface area contributed by atoms with Gasteiger partial charge in [0.25, 0.3) is 0 Å². The Morgan fingerprint density at radius 3 is 2.60 bits per heavy atom. The number of nitrogens with zero attached hydrogens (tertiary/aromatic N) is 3. The van der Waals surface area contributed by atoms with Crippen LogP contribution in [-0.4, -0.2) is 28.1 Å². The molecule has 0 fully saturated rings. The van der Waals surface area contributed by atoms with Gasteiger partial charge in [-0.25, -0.2) is 0 Å². The van der Waals surface area contributed by atoms with Crippen molar-refractivity contribution in [2.45, 2.75) is 45.2 Å². The lowest BCUT2D eigenvalue weighted by atomic mass is 10.0. The zero-order valence-electron chi connectivity index (χ0n) is 20.1. The van der Waals surface area contributed by atoms with Crippen LogP contribution in [0.4, 0.5) is 0 Å². The normalized spacial score (nSPS) is 14.5. The number of amides is 1. The minimum absolute atomic E-state index is 0.0811. The third-order valence-corrected chi connectivity index (χ3v) is 6.64. The predicted octanol–water partition coefficient (Wildman–Crippen LogP) is 5.70. The number of rotatable bonds is 8. The van der Waals surface area contributed by atoms with Crippen molar-refractivity contribution in [3.8, 4) is 17.1 Å². The predicted molar refractivity (Wildman–Crippen MR) is 134 cm³/mol. The maximum absolute atomic E-state index is 13.6. The molecule has 0 spiro atoms. The third kappa shape index (κ3) is 5.11. The fourth-order valence-corrected chi connectivity index (χ4v) is 4.69. The lowest BCUT2D eigenvalue weighted by Crippen LogP contribution is -2.33. The summed E-state index contributed by atoms with van der Waals surface area (Å²) in [6, 6.07) is 24.4. The van der Waals surface area contributed by atoms with E-state index in [1.807, 2.05) is 29.2 Å². The Morgan fingerprint density at radius 1 is 1.06 bits per heavy atom. The van der Waals surface area contributed by atoms with Crippen molar-refractivity contribution in [2.75, 3.05) is 7.11 Å². The summed E-state index contributed by atoms with van der Waals surface area (Å²) >= 11 is 0. The average molecular weight is 468 g/mol. The number of methoxy groups -OCH3 is 1. The van der Waals surface area contributed by atoms with Crippen LogP contribution >= 0.6 is 0 Å². The monoisotopic (exact) mass is 467 g/mol. The topological polar surface area (TPSA) is 68.5 Å². The molecule has 0 radical (unpaired) electrons. The van der Waals surface area contributed by atoms with Crippen LogP contribution in [-0.2, 0) is 24.2 Å². The van der Waals surface area contributed by atoms with E-state index < -0.39 is 0 Å². The highest BCUT2D eigenvalue weighted by Gasteiger charge is 2.31. The molecule has 0 unspecified atom stereocenters. The first-order valence-corrected chi connectivity index (χ1v) is 12.0. The van der Waals surface area contributed by atoms with Crippen molar-refractivity contribution in [1.82, 2.24) is 15.0 Å². The van der Waals surface area contributed by atoms with Gasteiger partial charge < -0.3 is 14.2 Å². The summed E-state index contributed by atoms with van der Waals surface area (Å²) < 4.78 is 10.7. The van der Waals surface area contributed by atoms with Gasteiger partial charge >= 0.3 is 0 Å². The maximum atomic E-state index is 13.6. The largest absolute Gasteiger partial charge is 0.497 e. The second-order valence-electron chi connectivity index (χ2n) is 9.00. The fraction of sp³-hybridized carbons (Fsp3) is 0.276. The molecular formula is C29H29N3O3. The molecule has 6 nitrogen and oxygen atoms in total. The van der Waals surface area contributed by atoms with Crippen LogP contribution in [0.25, 0.3) is 11.4 Å². The molecule has 4 aromatic rings. The first-order chi connectivity index (χ1) is 17.1. The quantitative estimate of drug-likeness (QED) is 0.332. The van der Waals surface area contributed by atoms with Crippen LogP contribution in [0.15, 0.2) is 77.3 Å². The average Bonchev–Trinajstić information content (AvgIpc) is 3.54. The fourth-order valence-electron chi connectivity index (χ4n) is 4.69. The molecule has 178 valence electrons. The summed E-state index contributed by atoms with van der Waals surface area (Å²) in [6.45, 7) is 2.66. The van der Waals surface area contributed by atoms with E-state index >= 15 is 0 Å². The number of aromatic nitrogens is 2. The van der Waals surface area contributed by atoms with Gasteiger partial charge in [0.1, 0.15) is 5.75 Å². The number of ether oxygens (including phenoxy) is 1. The molecule has 35 heavy (non-hydrogen) atoms. The Labute approximate surface area is 205 Å². The van der Waals surface area contributed by atoms with Gasteiger partial charge in [-0.1, -0.05) is 59.3 Å². The van der Waals surface area contributed by atoms with Gasteiger partial charge in [-0.2, -0.15) is 4.98 Å². The number of carbonyl (C=O) groups excluding carboxylic acids is 1. The van der Waals surface area contributed by atoms with E-state index in [4.69, 9.17) is 9.26 Å². The summed E-state index contributed by atoms with van der Waals surface area (Å²) in [5.41, 5.74) is 5.78. The van der Waals surface area contributed by atoms with Crippen molar-refractivity contribution in [2.24, 2.45) is 0 Å². The van der Waals surface area contributed by atoms with Gasteiger partial charge in [0, 0.05) is 24.9 Å². The van der Waals surface area contributed by atoms with E-state index in [1.54, 1.807) is 7.11 Å². The van der Waals surface area contributed by atoms with Crippen LogP contribution in [0.2, 0.25) is 0 Å². The molecule has 1 atom stereocenters. The number of carbonyl (C=O) groups is 1. The zero-order chi connectivity index (χ0) is 24.2. The molecule has 5 rings (SSSR count). The molecule has 1 heterocycles. The van der Waals surface area contributed by atoms with Gasteiger partial charge in [0.15, 0.2) is 0 Å². The standard InChI is InChI=1S/C29H29N3O3/c1-20-7-9-21(10-8-20)19-32(26-16-13-22-5-3-4-6-25(22)26)28(33)18-17-27-30-29(31-35-27)23-11-14-24(34-2)15-12-23/h3-12,14-15,26H,13,16-19H2,1-2H3/t26-/m0/s1. The molecule has 0 N–H and O–H groups in total. The highest BCUT2D eigenvalue weighted by atomic mass is 16.5. The molecule has 1 aliphatic carbocycles. The Bertz CT molecular complexity index is 1300. The van der Waals surface area contributed by atoms with Gasteiger partial charge in [-0.3, -0.25) is 4.79 Å². The summed E-state index contributed by atoms with van der Waals surface area (Å²) in [4.78, 5) is 20.1. The number of hydrogen-bond donors (Lipinski definition) is 0. The maximum Gasteiger partial charge on any atom is 0.227 e. The minimum atomic E-state index is 0.0811. The van der Waals surface area contributed by atoms with Crippen molar-refractivity contribution in [1.29, 1.82) is 0 Å². The molecule has 1 aliphatic rings. The van der Waals surface area contributed by atoms with Gasteiger partial charge in [0.2, 0.25) is 17.6 Å². The van der Waals surface area contributed by atoms with E-state index in [2.05, 4.69) is 65.6 Å². The first-order valence-electron chi connectivity index (χ1n) is 12.0. The Kier molecular flexibility index (Phi) is 6.62. The van der Waals surface area contributed by atoms with Crippen molar-refractivity contribution in [3.05, 3.63) is 101 Å². The smallest absolute Gasteiger partial charge is 0.227 e. The highest BCUT2D eigenvalue weighted by Crippen LogP contribution is 2.37. The molecule has 1 aromatic heterocycles. The molecule has 0 aliphatic heterocycles. The molecule has 0 saturated carbocycles. The number of fused-ring (bicyclic) bond motifs is 1. The molecule has 6 heteroatoms. The second kappa shape index (κ2) is 10.1. The third-order valence-electron chi connectivity index (χ3n) is 6.64. The number of aryl methyl sites for hydroxylation is 3. The van der Waals surface area contributed by atoms with Crippen LogP contribution in [0, 0.1) is 6.92 Å². The minimum Gasteiger partial charge on any atom is -0.497 e. The lowest BCUT2D eigenvalue weighted by Gasteiger charge is -2.30. The SMILES string of the molecule is COc1ccc(-c2noc(CCC(=O)N(Cc3ccc(C)cc3)[C@H]3CCc4ccccc43)n2)cc1. The van der Waals surface area contributed by atoms with E-state index in [0.717, 1.165) is 29.7 Å². The van der Waals surface area contributed by atoms with Gasteiger partial charge in [0.05, 0.1) is 13.2 Å². The van der Waals surface area contributed by atoms with Crippen molar-refractivity contribution >= 4 is 5.91 Å². The number of benzene rings is 3. The van der Waals surface area contributed by atoms with E-state index in [1.165, 1.54) is 16.7 Å². The number of hydrogen-bond acceptors (Lipinski definition) is 5. The molecule has 3 aromatic carbocycles. The molecule has 0 saturated heterocycles. The molecule has 1 amide bonds. The summed E-state index contributed by atoms with van der Waals surface area (Å²) in [7, 11) is 1.63. The highest BCUT2D eigenvalue weighted by molar-refractivity contribution is 5.77. The molecule has 0 bridgehead atoms. The molecular weight excluding hydrogens is 438 g/mol. The van der Waals surface area contributed by atoms with Gasteiger partial charge in [-0.15, -0.1) is 0 Å². The van der Waals surface area contributed by atoms with E-state index in [9.17, 15) is 4.79 Å². The first kappa shape index (κ1) is 22.8. The van der Waals surface area contributed by atoms with Crippen LogP contribution in [0.1, 0.15) is 47.0 Å². The summed E-state index contributed by atoms with van der Waals surface area (Å²) in [5, 5.41) is 4.10. The van der Waals surface area contributed by atoms with Crippen LogP contribution < -0.4 is 4.74 Å². The van der Waals surface area contributed by atoms with Crippen LogP contribution in [0.3, 0.4) is 0 Å². The van der Waals surface area contributed by atoms with E-state index in [-0.39, 0.29) is 11.9 Å². The summed E-state index contributed by atoms with van der Waals surface area (Å²) in [5.74, 6) is 1.84. The van der Waals surface area contributed by atoms with Crippen molar-refractivity contribution in [3.63, 3.8) is 0 Å². The summed E-state index contributed by atoms with van der Waals surface area (Å²) in [6.07, 6.45) is 2.65. The Balaban J connectivity index is 1.31.